The van der Waals surface area contributed by atoms with Crippen LogP contribution in [0.4, 0.5) is 13.2 Å². The largest absolute Gasteiger partial charge is 0.474 e. The van der Waals surface area contributed by atoms with Crippen molar-refractivity contribution in [3.63, 3.8) is 0 Å². The van der Waals surface area contributed by atoms with E-state index in [0.29, 0.717) is 17.6 Å². The van der Waals surface area contributed by atoms with Crippen LogP contribution in [0, 0.1) is 0 Å². The van der Waals surface area contributed by atoms with E-state index >= 15 is 0 Å². The molecule has 0 fully saturated rings. The maximum atomic E-state index is 12.7. The van der Waals surface area contributed by atoms with Gasteiger partial charge >= 0.3 is 6.18 Å². The summed E-state index contributed by atoms with van der Waals surface area (Å²) >= 11 is 0. The molecule has 0 saturated heterocycles. The Balaban J connectivity index is 2.58. The van der Waals surface area contributed by atoms with Gasteiger partial charge in [0.2, 0.25) is 0 Å². The molecule has 1 aromatic heterocycles. The molecule has 0 saturated carbocycles. The van der Waals surface area contributed by atoms with Gasteiger partial charge in [-0.2, -0.15) is 13.2 Å². The Bertz CT molecular complexity index is 639. The van der Waals surface area contributed by atoms with Crippen LogP contribution in [0.15, 0.2) is 22.8 Å². The van der Waals surface area contributed by atoms with E-state index in [4.69, 9.17) is 4.42 Å². The van der Waals surface area contributed by atoms with Crippen molar-refractivity contribution in [1.29, 1.82) is 0 Å². The van der Waals surface area contributed by atoms with Crippen LogP contribution in [0.25, 0.3) is 5.57 Å². The Hall–Kier alpha value is -1.30. The first-order chi connectivity index (χ1) is 13.6. The molecule has 0 spiro atoms. The van der Waals surface area contributed by atoms with Crippen LogP contribution in [-0.2, 0) is 4.79 Å². The monoisotopic (exact) mass is 430 g/mol. The maximum absolute atomic E-state index is 12.7. The average molecular weight is 431 g/mol. The molecule has 1 aromatic rings. The first-order valence-electron chi connectivity index (χ1n) is 11.0. The molecule has 166 valence electrons. The SMILES string of the molecule is CCCCCCCCCCCCC(=CC(=O)C(F)(F)F)c1coc([Si](C)(C)C)c1. The lowest BCUT2D eigenvalue weighted by molar-refractivity contribution is -0.165. The highest BCUT2D eigenvalue weighted by molar-refractivity contribution is 6.87. The summed E-state index contributed by atoms with van der Waals surface area (Å²) in [7, 11) is -1.70. The van der Waals surface area contributed by atoms with Gasteiger partial charge in [0.1, 0.15) is 8.07 Å². The summed E-state index contributed by atoms with van der Waals surface area (Å²) in [6.07, 6.45) is 9.51. The second-order valence-electron chi connectivity index (χ2n) is 8.91. The molecule has 1 rings (SSSR count). The normalized spacial score (nSPS) is 13.1. The fourth-order valence-electron chi connectivity index (χ4n) is 3.24. The van der Waals surface area contributed by atoms with Gasteiger partial charge in [-0.15, -0.1) is 0 Å². The van der Waals surface area contributed by atoms with Gasteiger partial charge in [0, 0.05) is 5.56 Å². The number of alkyl halides is 3. The average Bonchev–Trinajstić information content (AvgIpc) is 3.11. The smallest absolute Gasteiger partial charge is 0.454 e. The molecule has 0 aromatic carbocycles. The molecule has 6 heteroatoms. The van der Waals surface area contributed by atoms with Crippen LogP contribution in [0.1, 0.15) is 83.1 Å². The van der Waals surface area contributed by atoms with E-state index in [1.807, 2.05) is 6.07 Å². The van der Waals surface area contributed by atoms with Crippen LogP contribution < -0.4 is 5.38 Å². The number of allylic oxidation sites excluding steroid dienone is 2. The summed E-state index contributed by atoms with van der Waals surface area (Å²) in [6, 6.07) is 1.82. The van der Waals surface area contributed by atoms with Crippen LogP contribution >= 0.6 is 0 Å². The topological polar surface area (TPSA) is 30.2 Å². The molecule has 0 aliphatic rings. The van der Waals surface area contributed by atoms with E-state index < -0.39 is 20.0 Å². The molecular formula is C23H37F3O2Si. The van der Waals surface area contributed by atoms with Crippen molar-refractivity contribution in [1.82, 2.24) is 0 Å². The number of carbonyl (C=O) groups excluding carboxylic acids is 1. The van der Waals surface area contributed by atoms with Crippen molar-refractivity contribution in [3.8, 4) is 0 Å². The van der Waals surface area contributed by atoms with Gasteiger partial charge in [0.05, 0.1) is 11.6 Å². The highest BCUT2D eigenvalue weighted by Crippen LogP contribution is 2.26. The van der Waals surface area contributed by atoms with E-state index in [0.717, 1.165) is 37.1 Å². The number of unbranched alkanes of at least 4 members (excludes halogenated alkanes) is 9. The van der Waals surface area contributed by atoms with E-state index in [2.05, 4.69) is 26.6 Å². The van der Waals surface area contributed by atoms with Gasteiger partial charge in [-0.05, 0) is 30.6 Å². The Labute approximate surface area is 175 Å². The Morgan fingerprint density at radius 3 is 1.93 bits per heavy atom. The first kappa shape index (κ1) is 25.7. The van der Waals surface area contributed by atoms with Crippen molar-refractivity contribution in [2.24, 2.45) is 0 Å². The number of halogens is 3. The van der Waals surface area contributed by atoms with Crippen molar-refractivity contribution < 1.29 is 22.4 Å². The van der Waals surface area contributed by atoms with Gasteiger partial charge < -0.3 is 4.42 Å². The maximum Gasteiger partial charge on any atom is 0.454 e. The van der Waals surface area contributed by atoms with Gasteiger partial charge in [0.25, 0.3) is 5.78 Å². The van der Waals surface area contributed by atoms with Crippen molar-refractivity contribution in [3.05, 3.63) is 24.0 Å². The Morgan fingerprint density at radius 2 is 1.48 bits per heavy atom. The molecule has 0 atom stereocenters. The zero-order valence-corrected chi connectivity index (χ0v) is 19.5. The second kappa shape index (κ2) is 12.4. The molecule has 2 nitrogen and oxygen atoms in total. The lowest BCUT2D eigenvalue weighted by Gasteiger charge is -2.11. The minimum atomic E-state index is -4.84. The lowest BCUT2D eigenvalue weighted by atomic mass is 9.99. The summed E-state index contributed by atoms with van der Waals surface area (Å²) in [4.78, 5) is 11.5. The molecule has 0 aliphatic heterocycles. The second-order valence-corrected chi connectivity index (χ2v) is 13.9. The molecule has 0 unspecified atom stereocenters. The van der Waals surface area contributed by atoms with Gasteiger partial charge in [0.15, 0.2) is 0 Å². The van der Waals surface area contributed by atoms with E-state index in [9.17, 15) is 18.0 Å². The summed E-state index contributed by atoms with van der Waals surface area (Å²) < 4.78 is 43.8. The summed E-state index contributed by atoms with van der Waals surface area (Å²) in [5.74, 6) is -1.80. The van der Waals surface area contributed by atoms with Crippen LogP contribution in [0.2, 0.25) is 19.6 Å². The van der Waals surface area contributed by atoms with Crippen LogP contribution in [-0.4, -0.2) is 20.0 Å². The predicted molar refractivity (Wildman–Crippen MR) is 117 cm³/mol. The molecule has 0 radical (unpaired) electrons. The third-order valence-corrected chi connectivity index (χ3v) is 6.83. The van der Waals surface area contributed by atoms with E-state index in [1.165, 1.54) is 44.8 Å². The van der Waals surface area contributed by atoms with Gasteiger partial charge in [-0.25, -0.2) is 0 Å². The quantitative estimate of drug-likeness (QED) is 0.172. The minimum absolute atomic E-state index is 0.431. The number of hydrogen-bond acceptors (Lipinski definition) is 2. The third kappa shape index (κ3) is 10.3. The van der Waals surface area contributed by atoms with Gasteiger partial charge in [-0.3, -0.25) is 4.79 Å². The molecule has 0 amide bonds. The Morgan fingerprint density at radius 1 is 0.966 bits per heavy atom. The Kier molecular flexibility index (Phi) is 11.0. The standard InChI is InChI=1S/C23H37F3O2Si/c1-5-6-7-8-9-10-11-12-13-14-15-19(16-21(27)23(24,25)26)20-17-22(28-18-20)29(2,3)4/h16-18H,5-15H2,1-4H3. The fraction of sp³-hybridized carbons (Fsp3) is 0.696. The number of ketones is 1. The number of carbonyl (C=O) groups is 1. The zero-order valence-electron chi connectivity index (χ0n) is 18.5. The molecule has 29 heavy (non-hydrogen) atoms. The molecule has 0 N–H and O–H groups in total. The predicted octanol–water partition coefficient (Wildman–Crippen LogP) is 7.65. The summed E-state index contributed by atoms with van der Waals surface area (Å²) in [5, 5.41) is 0.834. The fourth-order valence-corrected chi connectivity index (χ4v) is 4.24. The number of hydrogen-bond donors (Lipinski definition) is 0. The number of rotatable bonds is 14. The summed E-state index contributed by atoms with van der Waals surface area (Å²) in [5.41, 5.74) is 1.04. The van der Waals surface area contributed by atoms with Crippen molar-refractivity contribution in [2.45, 2.75) is 103 Å². The van der Waals surface area contributed by atoms with Gasteiger partial charge in [-0.1, -0.05) is 84.4 Å². The highest BCUT2D eigenvalue weighted by atomic mass is 28.3. The highest BCUT2D eigenvalue weighted by Gasteiger charge is 2.37. The lowest BCUT2D eigenvalue weighted by Crippen LogP contribution is -2.36. The van der Waals surface area contributed by atoms with Crippen LogP contribution in [0.3, 0.4) is 0 Å². The van der Waals surface area contributed by atoms with Crippen molar-refractivity contribution >= 4 is 24.8 Å². The minimum Gasteiger partial charge on any atom is -0.474 e. The first-order valence-corrected chi connectivity index (χ1v) is 14.5. The van der Waals surface area contributed by atoms with Crippen LogP contribution in [0.5, 0.6) is 0 Å². The molecule has 0 aliphatic carbocycles. The van der Waals surface area contributed by atoms with E-state index in [1.54, 1.807) is 0 Å². The van der Waals surface area contributed by atoms with E-state index in [-0.39, 0.29) is 0 Å². The third-order valence-electron chi connectivity index (χ3n) is 5.09. The summed E-state index contributed by atoms with van der Waals surface area (Å²) in [6.45, 7) is 8.55. The molecule has 1 heterocycles. The number of furan rings is 1. The molecular weight excluding hydrogens is 393 g/mol. The van der Waals surface area contributed by atoms with Crippen molar-refractivity contribution in [2.75, 3.05) is 0 Å². The zero-order chi connectivity index (χ0) is 21.9. The molecule has 0 bridgehead atoms.